The van der Waals surface area contributed by atoms with Crippen LogP contribution in [0.4, 0.5) is 5.69 Å². The fourth-order valence-corrected chi connectivity index (χ4v) is 3.39. The average Bonchev–Trinajstić information content (AvgIpc) is 2.69. The summed E-state index contributed by atoms with van der Waals surface area (Å²) in [4.78, 5) is 25.8. The van der Waals surface area contributed by atoms with Gasteiger partial charge in [0.2, 0.25) is 5.91 Å². The minimum atomic E-state index is -0.822. The largest absolute Gasteiger partial charge is 0.481 e. The van der Waals surface area contributed by atoms with E-state index in [1.807, 2.05) is 31.2 Å². The zero-order chi connectivity index (χ0) is 14.3. The molecule has 1 aromatic carbocycles. The molecule has 2 aliphatic rings. The maximum Gasteiger partial charge on any atom is 0.310 e. The van der Waals surface area contributed by atoms with Crippen LogP contribution in [0.25, 0.3) is 0 Å². The van der Waals surface area contributed by atoms with Crippen molar-refractivity contribution in [2.45, 2.75) is 45.1 Å². The van der Waals surface area contributed by atoms with Crippen LogP contribution >= 0.6 is 0 Å². The standard InChI is InChI=1S/C16H19NO3/c1-11-9-12-5-2-3-6-13(12)17(11)14(18)10-16(15(19)20)7-4-8-16/h2-3,5-6,11H,4,7-10H2,1H3,(H,19,20). The van der Waals surface area contributed by atoms with Gasteiger partial charge in [-0.25, -0.2) is 0 Å². The van der Waals surface area contributed by atoms with E-state index in [1.165, 1.54) is 5.56 Å². The molecule has 4 heteroatoms. The molecule has 0 bridgehead atoms. The van der Waals surface area contributed by atoms with E-state index >= 15 is 0 Å². The number of nitrogens with zero attached hydrogens (tertiary/aromatic N) is 1. The number of para-hydroxylation sites is 1. The number of rotatable bonds is 3. The van der Waals surface area contributed by atoms with Gasteiger partial charge in [-0.2, -0.15) is 0 Å². The number of carboxylic acid groups (broad SMARTS) is 1. The summed E-state index contributed by atoms with van der Waals surface area (Å²) in [5.74, 6) is -0.873. The Balaban J connectivity index is 1.83. The van der Waals surface area contributed by atoms with E-state index in [9.17, 15) is 14.7 Å². The molecule has 1 aliphatic heterocycles. The second-order valence-corrected chi connectivity index (χ2v) is 6.06. The Morgan fingerprint density at radius 1 is 1.35 bits per heavy atom. The van der Waals surface area contributed by atoms with Crippen molar-refractivity contribution in [1.82, 2.24) is 0 Å². The van der Waals surface area contributed by atoms with Crippen LogP contribution in [0.5, 0.6) is 0 Å². The van der Waals surface area contributed by atoms with Gasteiger partial charge >= 0.3 is 5.97 Å². The molecule has 4 nitrogen and oxygen atoms in total. The van der Waals surface area contributed by atoms with Crippen LogP contribution in [0.1, 0.15) is 38.2 Å². The van der Waals surface area contributed by atoms with E-state index in [-0.39, 0.29) is 18.4 Å². The molecule has 0 saturated heterocycles. The van der Waals surface area contributed by atoms with Crippen LogP contribution in [0.2, 0.25) is 0 Å². The van der Waals surface area contributed by atoms with Crippen LogP contribution < -0.4 is 4.90 Å². The molecule has 1 heterocycles. The van der Waals surface area contributed by atoms with Crippen molar-refractivity contribution in [3.63, 3.8) is 0 Å². The quantitative estimate of drug-likeness (QED) is 0.921. The summed E-state index contributed by atoms with van der Waals surface area (Å²) in [7, 11) is 0. The molecule has 1 fully saturated rings. The normalized spacial score (nSPS) is 23.1. The van der Waals surface area contributed by atoms with Gasteiger partial charge in [0.25, 0.3) is 0 Å². The number of benzene rings is 1. The Kier molecular flexibility index (Phi) is 3.04. The molecule has 0 radical (unpaired) electrons. The zero-order valence-electron chi connectivity index (χ0n) is 11.6. The maximum absolute atomic E-state index is 12.6. The first-order valence-electron chi connectivity index (χ1n) is 7.17. The van der Waals surface area contributed by atoms with Gasteiger partial charge in [-0.15, -0.1) is 0 Å². The molecule has 3 rings (SSSR count). The highest BCUT2D eigenvalue weighted by molar-refractivity contribution is 5.98. The van der Waals surface area contributed by atoms with Crippen LogP contribution in [-0.4, -0.2) is 23.0 Å². The van der Waals surface area contributed by atoms with Gasteiger partial charge in [0, 0.05) is 18.2 Å². The predicted octanol–water partition coefficient (Wildman–Crippen LogP) is 2.61. The van der Waals surface area contributed by atoms with E-state index in [4.69, 9.17) is 0 Å². The van der Waals surface area contributed by atoms with Crippen molar-refractivity contribution in [1.29, 1.82) is 0 Å². The highest BCUT2D eigenvalue weighted by Crippen LogP contribution is 2.45. The van der Waals surface area contributed by atoms with Crippen molar-refractivity contribution in [3.8, 4) is 0 Å². The van der Waals surface area contributed by atoms with Crippen LogP contribution in [-0.2, 0) is 16.0 Å². The third-order valence-corrected chi connectivity index (χ3v) is 4.73. The van der Waals surface area contributed by atoms with Gasteiger partial charge in [-0.05, 0) is 37.8 Å². The molecule has 1 amide bonds. The Morgan fingerprint density at radius 2 is 2.05 bits per heavy atom. The lowest BCUT2D eigenvalue weighted by Gasteiger charge is -2.38. The Bertz CT molecular complexity index is 563. The third-order valence-electron chi connectivity index (χ3n) is 4.73. The first-order valence-corrected chi connectivity index (χ1v) is 7.17. The van der Waals surface area contributed by atoms with Crippen LogP contribution in [0.15, 0.2) is 24.3 Å². The predicted molar refractivity (Wildman–Crippen MR) is 75.6 cm³/mol. The zero-order valence-corrected chi connectivity index (χ0v) is 11.6. The summed E-state index contributed by atoms with van der Waals surface area (Å²) in [6.07, 6.45) is 3.13. The highest BCUT2D eigenvalue weighted by Gasteiger charge is 2.47. The van der Waals surface area contributed by atoms with Crippen LogP contribution in [0.3, 0.4) is 0 Å². The fraction of sp³-hybridized carbons (Fsp3) is 0.500. The highest BCUT2D eigenvalue weighted by atomic mass is 16.4. The number of fused-ring (bicyclic) bond motifs is 1. The first-order chi connectivity index (χ1) is 9.53. The lowest BCUT2D eigenvalue weighted by molar-refractivity contribution is -0.157. The number of carbonyl (C=O) groups excluding carboxylic acids is 1. The van der Waals surface area contributed by atoms with Gasteiger partial charge in [0.15, 0.2) is 0 Å². The molecular weight excluding hydrogens is 254 g/mol. The summed E-state index contributed by atoms with van der Waals surface area (Å²) in [5, 5.41) is 9.37. The summed E-state index contributed by atoms with van der Waals surface area (Å²) in [6.45, 7) is 2.02. The molecule has 106 valence electrons. The molecule has 1 atom stereocenters. The number of carbonyl (C=O) groups is 2. The van der Waals surface area contributed by atoms with Crippen molar-refractivity contribution in [2.24, 2.45) is 5.41 Å². The molecule has 0 spiro atoms. The monoisotopic (exact) mass is 273 g/mol. The molecule has 20 heavy (non-hydrogen) atoms. The van der Waals surface area contributed by atoms with Crippen molar-refractivity contribution in [3.05, 3.63) is 29.8 Å². The van der Waals surface area contributed by atoms with Crippen LogP contribution in [0, 0.1) is 5.41 Å². The smallest absolute Gasteiger partial charge is 0.310 e. The number of hydrogen-bond donors (Lipinski definition) is 1. The number of aliphatic carboxylic acids is 1. The molecular formula is C16H19NO3. The van der Waals surface area contributed by atoms with Gasteiger partial charge in [-0.1, -0.05) is 24.6 Å². The summed E-state index contributed by atoms with van der Waals surface area (Å²) in [6, 6.07) is 8.00. The molecule has 1 unspecified atom stereocenters. The maximum atomic E-state index is 12.6. The Labute approximate surface area is 118 Å². The summed E-state index contributed by atoms with van der Waals surface area (Å²) < 4.78 is 0. The van der Waals surface area contributed by atoms with Gasteiger partial charge < -0.3 is 10.0 Å². The van der Waals surface area contributed by atoms with Crippen molar-refractivity contribution in [2.75, 3.05) is 4.90 Å². The first kappa shape index (κ1) is 13.2. The SMILES string of the molecule is CC1Cc2ccccc2N1C(=O)CC1(C(=O)O)CCC1. The number of hydrogen-bond acceptors (Lipinski definition) is 2. The lowest BCUT2D eigenvalue weighted by Crippen LogP contribution is -2.45. The van der Waals surface area contributed by atoms with E-state index in [1.54, 1.807) is 4.90 Å². The van der Waals surface area contributed by atoms with E-state index in [0.717, 1.165) is 18.5 Å². The Morgan fingerprint density at radius 3 is 2.65 bits per heavy atom. The molecule has 1 aliphatic carbocycles. The van der Waals surface area contributed by atoms with E-state index < -0.39 is 11.4 Å². The molecule has 1 saturated carbocycles. The topological polar surface area (TPSA) is 57.6 Å². The van der Waals surface area contributed by atoms with Crippen molar-refractivity contribution >= 4 is 17.6 Å². The molecule has 1 aromatic rings. The van der Waals surface area contributed by atoms with Gasteiger partial charge in [-0.3, -0.25) is 9.59 Å². The third kappa shape index (κ3) is 1.90. The number of amides is 1. The Hall–Kier alpha value is -1.84. The molecule has 0 aromatic heterocycles. The van der Waals surface area contributed by atoms with Gasteiger partial charge in [0.05, 0.1) is 5.41 Å². The van der Waals surface area contributed by atoms with Crippen molar-refractivity contribution < 1.29 is 14.7 Å². The second-order valence-electron chi connectivity index (χ2n) is 6.06. The minimum absolute atomic E-state index is 0.0513. The summed E-state index contributed by atoms with van der Waals surface area (Å²) in [5.41, 5.74) is 1.31. The number of carboxylic acids is 1. The van der Waals surface area contributed by atoms with Gasteiger partial charge in [0.1, 0.15) is 0 Å². The average molecular weight is 273 g/mol. The minimum Gasteiger partial charge on any atom is -0.481 e. The van der Waals surface area contributed by atoms with E-state index in [2.05, 4.69) is 0 Å². The molecule has 1 N–H and O–H groups in total. The second kappa shape index (κ2) is 4.62. The lowest BCUT2D eigenvalue weighted by atomic mass is 9.66. The fourth-order valence-electron chi connectivity index (χ4n) is 3.39. The number of anilines is 1. The summed E-state index contributed by atoms with van der Waals surface area (Å²) >= 11 is 0. The van der Waals surface area contributed by atoms with E-state index in [0.29, 0.717) is 12.8 Å².